The number of nitrogens with zero attached hydrogens (tertiary/aromatic N) is 3. The second kappa shape index (κ2) is 11.2. The molecule has 178 valence electrons. The number of hydrogen-bond donors (Lipinski definition) is 0. The summed E-state index contributed by atoms with van der Waals surface area (Å²) >= 11 is 0. The van der Waals surface area contributed by atoms with Gasteiger partial charge in [0.2, 0.25) is 5.91 Å². The Balaban J connectivity index is 1.59. The van der Waals surface area contributed by atoms with Gasteiger partial charge in [0.1, 0.15) is 17.2 Å². The Bertz CT molecular complexity index is 1310. The summed E-state index contributed by atoms with van der Waals surface area (Å²) in [6.45, 7) is 1.10. The first-order chi connectivity index (χ1) is 17.1. The lowest BCUT2D eigenvalue weighted by molar-refractivity contribution is -0.125. The van der Waals surface area contributed by atoms with Gasteiger partial charge in [-0.25, -0.2) is 0 Å². The molecule has 1 heterocycles. The van der Waals surface area contributed by atoms with E-state index in [1.54, 1.807) is 32.2 Å². The Morgan fingerprint density at radius 2 is 1.69 bits per heavy atom. The smallest absolute Gasteiger partial charge is 0.246 e. The van der Waals surface area contributed by atoms with E-state index < -0.39 is 0 Å². The molecule has 0 atom stereocenters. The summed E-state index contributed by atoms with van der Waals surface area (Å²) in [5.74, 6) is 1.40. The number of carbonyl (C=O) groups is 1. The van der Waals surface area contributed by atoms with Crippen LogP contribution in [0.1, 0.15) is 16.7 Å². The number of carbonyl (C=O) groups excluding carboxylic acids is 1. The van der Waals surface area contributed by atoms with E-state index in [4.69, 9.17) is 14.6 Å². The highest BCUT2D eigenvalue weighted by atomic mass is 16.5. The van der Waals surface area contributed by atoms with Crippen LogP contribution in [0.25, 0.3) is 17.3 Å². The van der Waals surface area contributed by atoms with Crippen LogP contribution in [0.2, 0.25) is 0 Å². The number of aromatic nitrogens is 2. The van der Waals surface area contributed by atoms with Crippen molar-refractivity contribution in [2.75, 3.05) is 21.3 Å². The normalized spacial score (nSPS) is 10.9. The fourth-order valence-corrected chi connectivity index (χ4v) is 3.87. The van der Waals surface area contributed by atoms with Gasteiger partial charge < -0.3 is 14.4 Å². The van der Waals surface area contributed by atoms with Crippen LogP contribution in [-0.2, 0) is 17.9 Å². The van der Waals surface area contributed by atoms with Crippen LogP contribution in [0.3, 0.4) is 0 Å². The summed E-state index contributed by atoms with van der Waals surface area (Å²) < 4.78 is 12.7. The molecule has 0 saturated heterocycles. The Kier molecular flexibility index (Phi) is 7.63. The van der Waals surface area contributed by atoms with Crippen LogP contribution in [0.5, 0.6) is 11.5 Å². The van der Waals surface area contributed by atoms with Crippen molar-refractivity contribution in [2.24, 2.45) is 0 Å². The molecule has 0 spiro atoms. The SMILES string of the molecule is COc1cccc(CN(C)C(=O)C=Cc2cn(Cc3ccccc3)nc2-c2ccccc2OC)c1. The molecule has 0 N–H and O–H groups in total. The van der Waals surface area contributed by atoms with Crippen molar-refractivity contribution in [2.45, 2.75) is 13.1 Å². The van der Waals surface area contributed by atoms with E-state index in [0.29, 0.717) is 13.1 Å². The van der Waals surface area contributed by atoms with Crippen molar-refractivity contribution in [1.82, 2.24) is 14.7 Å². The van der Waals surface area contributed by atoms with Crippen molar-refractivity contribution in [3.8, 4) is 22.8 Å². The zero-order chi connectivity index (χ0) is 24.6. The lowest BCUT2D eigenvalue weighted by atomic mass is 10.1. The summed E-state index contributed by atoms with van der Waals surface area (Å²) in [6.07, 6.45) is 5.37. The van der Waals surface area contributed by atoms with Crippen molar-refractivity contribution in [3.05, 3.63) is 108 Å². The molecular weight excluding hydrogens is 438 g/mol. The molecule has 0 bridgehead atoms. The summed E-state index contributed by atoms with van der Waals surface area (Å²) in [5, 5.41) is 4.84. The molecule has 1 aromatic heterocycles. The van der Waals surface area contributed by atoms with E-state index in [-0.39, 0.29) is 5.91 Å². The third-order valence-corrected chi connectivity index (χ3v) is 5.68. The van der Waals surface area contributed by atoms with Crippen LogP contribution >= 0.6 is 0 Å². The van der Waals surface area contributed by atoms with Gasteiger partial charge in [-0.05, 0) is 41.5 Å². The van der Waals surface area contributed by atoms with E-state index in [1.165, 1.54) is 0 Å². The molecule has 35 heavy (non-hydrogen) atoms. The first-order valence-electron chi connectivity index (χ1n) is 11.4. The van der Waals surface area contributed by atoms with Crippen LogP contribution < -0.4 is 9.47 Å². The second-order valence-electron chi connectivity index (χ2n) is 8.20. The monoisotopic (exact) mass is 467 g/mol. The molecule has 0 aliphatic carbocycles. The highest BCUT2D eigenvalue weighted by Crippen LogP contribution is 2.32. The molecule has 6 heteroatoms. The minimum absolute atomic E-state index is 0.102. The van der Waals surface area contributed by atoms with Gasteiger partial charge in [0.25, 0.3) is 0 Å². The van der Waals surface area contributed by atoms with Gasteiger partial charge in [-0.1, -0.05) is 54.6 Å². The summed E-state index contributed by atoms with van der Waals surface area (Å²) in [4.78, 5) is 14.6. The van der Waals surface area contributed by atoms with Gasteiger partial charge >= 0.3 is 0 Å². The number of methoxy groups -OCH3 is 2. The van der Waals surface area contributed by atoms with Crippen molar-refractivity contribution >= 4 is 12.0 Å². The maximum Gasteiger partial charge on any atom is 0.246 e. The molecule has 0 unspecified atom stereocenters. The standard InChI is InChI=1S/C29H29N3O3/c1-31(19-23-12-9-13-25(18-23)34-2)28(33)17-16-24-21-32(20-22-10-5-4-6-11-22)30-29(24)26-14-7-8-15-27(26)35-3/h4-18,21H,19-20H2,1-3H3. The Labute approximate surface area is 206 Å². The molecule has 3 aromatic carbocycles. The molecule has 6 nitrogen and oxygen atoms in total. The van der Waals surface area contributed by atoms with Gasteiger partial charge in [0, 0.05) is 37.0 Å². The average Bonchev–Trinajstić information content (AvgIpc) is 3.30. The van der Waals surface area contributed by atoms with Gasteiger partial charge in [0.05, 0.1) is 20.8 Å². The number of ether oxygens (including phenoxy) is 2. The highest BCUT2D eigenvalue weighted by Gasteiger charge is 2.15. The minimum atomic E-state index is -0.102. The summed E-state index contributed by atoms with van der Waals surface area (Å²) in [7, 11) is 5.06. The second-order valence-corrected chi connectivity index (χ2v) is 8.20. The molecule has 1 amide bonds. The molecule has 0 aliphatic rings. The van der Waals surface area contributed by atoms with E-state index in [1.807, 2.05) is 83.7 Å². The van der Waals surface area contributed by atoms with Gasteiger partial charge in [-0.15, -0.1) is 0 Å². The third kappa shape index (κ3) is 5.98. The van der Waals surface area contributed by atoms with Crippen LogP contribution in [-0.4, -0.2) is 41.9 Å². The zero-order valence-electron chi connectivity index (χ0n) is 20.2. The fraction of sp³-hybridized carbons (Fsp3) is 0.172. The Hall–Kier alpha value is -4.32. The molecule has 0 radical (unpaired) electrons. The molecule has 0 aliphatic heterocycles. The molecule has 0 fully saturated rings. The summed E-state index contributed by atoms with van der Waals surface area (Å²) in [6, 6.07) is 25.6. The number of para-hydroxylation sites is 1. The predicted octanol–water partition coefficient (Wildman–Crippen LogP) is 5.29. The van der Waals surface area contributed by atoms with Crippen molar-refractivity contribution in [1.29, 1.82) is 0 Å². The molecular formula is C29H29N3O3. The van der Waals surface area contributed by atoms with E-state index >= 15 is 0 Å². The highest BCUT2D eigenvalue weighted by molar-refractivity contribution is 5.93. The number of benzene rings is 3. The van der Waals surface area contributed by atoms with Crippen LogP contribution in [0, 0.1) is 0 Å². The van der Waals surface area contributed by atoms with E-state index in [9.17, 15) is 4.79 Å². The lowest BCUT2D eigenvalue weighted by Crippen LogP contribution is -2.24. The maximum absolute atomic E-state index is 12.9. The first kappa shape index (κ1) is 23.8. The number of likely N-dealkylation sites (N-methyl/N-ethyl adjacent to an activating group) is 1. The average molecular weight is 468 g/mol. The maximum atomic E-state index is 12.9. The van der Waals surface area contributed by atoms with Gasteiger partial charge in [0.15, 0.2) is 0 Å². The minimum Gasteiger partial charge on any atom is -0.497 e. The lowest BCUT2D eigenvalue weighted by Gasteiger charge is -2.15. The zero-order valence-corrected chi connectivity index (χ0v) is 20.2. The molecule has 4 rings (SSSR count). The van der Waals surface area contributed by atoms with E-state index in [2.05, 4.69) is 12.1 Å². The van der Waals surface area contributed by atoms with Gasteiger partial charge in [-0.2, -0.15) is 5.10 Å². The number of amides is 1. The molecule has 0 saturated carbocycles. The largest absolute Gasteiger partial charge is 0.497 e. The van der Waals surface area contributed by atoms with E-state index in [0.717, 1.165) is 39.4 Å². The quantitative estimate of drug-likeness (QED) is 0.314. The fourth-order valence-electron chi connectivity index (χ4n) is 3.87. The number of hydrogen-bond acceptors (Lipinski definition) is 4. The third-order valence-electron chi connectivity index (χ3n) is 5.68. The Morgan fingerprint density at radius 3 is 2.46 bits per heavy atom. The van der Waals surface area contributed by atoms with Crippen molar-refractivity contribution in [3.63, 3.8) is 0 Å². The molecule has 4 aromatic rings. The summed E-state index contributed by atoms with van der Waals surface area (Å²) in [5.41, 5.74) is 4.62. The predicted molar refractivity (Wildman–Crippen MR) is 138 cm³/mol. The van der Waals surface area contributed by atoms with Gasteiger partial charge in [-0.3, -0.25) is 9.48 Å². The number of rotatable bonds is 9. The Morgan fingerprint density at radius 1 is 0.943 bits per heavy atom. The topological polar surface area (TPSA) is 56.6 Å². The van der Waals surface area contributed by atoms with Crippen LogP contribution in [0.4, 0.5) is 0 Å². The van der Waals surface area contributed by atoms with Crippen molar-refractivity contribution < 1.29 is 14.3 Å². The first-order valence-corrected chi connectivity index (χ1v) is 11.4. The van der Waals surface area contributed by atoms with Crippen LogP contribution in [0.15, 0.2) is 91.1 Å².